The highest BCUT2D eigenvalue weighted by atomic mass is 32.1. The Morgan fingerprint density at radius 1 is 1.23 bits per heavy atom. The Labute approximate surface area is 154 Å². The summed E-state index contributed by atoms with van der Waals surface area (Å²) in [7, 11) is 0. The highest BCUT2D eigenvalue weighted by Crippen LogP contribution is 2.36. The van der Waals surface area contributed by atoms with E-state index in [1.54, 1.807) is 6.92 Å². The van der Waals surface area contributed by atoms with Crippen LogP contribution in [0.1, 0.15) is 35.1 Å². The molecule has 1 fully saturated rings. The lowest BCUT2D eigenvalue weighted by Crippen LogP contribution is -2.39. The molecule has 0 atom stereocenters. The molecule has 3 rings (SSSR count). The van der Waals surface area contributed by atoms with Crippen molar-refractivity contribution in [2.45, 2.75) is 25.7 Å². The van der Waals surface area contributed by atoms with Gasteiger partial charge in [-0.05, 0) is 49.6 Å². The van der Waals surface area contributed by atoms with Crippen LogP contribution >= 0.6 is 11.3 Å². The molecule has 1 aromatic heterocycles. The molecule has 0 radical (unpaired) electrons. The highest BCUT2D eigenvalue weighted by Gasteiger charge is 2.45. The van der Waals surface area contributed by atoms with Gasteiger partial charge in [0.1, 0.15) is 5.82 Å². The molecule has 26 heavy (non-hydrogen) atoms. The third-order valence-corrected chi connectivity index (χ3v) is 5.25. The lowest BCUT2D eigenvalue weighted by Gasteiger charge is -2.21. The van der Waals surface area contributed by atoms with Gasteiger partial charge in [0.05, 0.1) is 10.4 Å². The summed E-state index contributed by atoms with van der Waals surface area (Å²) in [6, 6.07) is 5.09. The van der Waals surface area contributed by atoms with E-state index in [-0.39, 0.29) is 6.99 Å². The van der Waals surface area contributed by atoms with E-state index < -0.39 is 28.4 Å². The van der Waals surface area contributed by atoms with Crippen LogP contribution in [0.25, 0.3) is 0 Å². The molecule has 2 amide bonds. The highest BCUT2D eigenvalue weighted by molar-refractivity contribution is 7.10. The second-order valence-electron chi connectivity index (χ2n) is 6.19. The number of anilines is 1. The van der Waals surface area contributed by atoms with Crippen molar-refractivity contribution in [3.05, 3.63) is 51.5 Å². The Morgan fingerprint density at radius 3 is 2.58 bits per heavy atom. The number of aryl methyl sites for hydroxylation is 1. The van der Waals surface area contributed by atoms with Gasteiger partial charge in [0.25, 0.3) is 11.8 Å². The first-order valence-corrected chi connectivity index (χ1v) is 9.00. The number of hydrogen-bond acceptors (Lipinski definition) is 3. The molecule has 0 unspecified atom stereocenters. The largest absolute Gasteiger partial charge is 0.358 e. The van der Waals surface area contributed by atoms with Gasteiger partial charge in [-0.15, -0.1) is 11.3 Å². The molecular formula is C18H19F3N2O2S. The fourth-order valence-corrected chi connectivity index (χ4v) is 3.63. The molecule has 0 saturated carbocycles. The Kier molecular flexibility index (Phi) is 5.04. The number of carbonyl (C=O) groups is 2. The fraction of sp³-hybridized carbons (Fsp3) is 0.333. The first kappa shape index (κ1) is 18.4. The zero-order chi connectivity index (χ0) is 18.9. The predicted molar refractivity (Wildman–Crippen MR) is 95.2 cm³/mol. The molecule has 0 aliphatic carbocycles. The number of rotatable bonds is 4. The molecule has 0 spiro atoms. The quantitative estimate of drug-likeness (QED) is 0.849. The van der Waals surface area contributed by atoms with Gasteiger partial charge in [0, 0.05) is 25.6 Å². The fourth-order valence-electron chi connectivity index (χ4n) is 2.77. The number of nitrogens with zero attached hydrogens (tertiary/aromatic N) is 1. The minimum Gasteiger partial charge on any atom is -0.337 e. The van der Waals surface area contributed by atoms with Crippen molar-refractivity contribution in [2.24, 2.45) is 0 Å². The van der Waals surface area contributed by atoms with E-state index in [0.717, 1.165) is 23.8 Å². The molecule has 1 aromatic carbocycles. The second kappa shape index (κ2) is 7.11. The zero-order valence-corrected chi connectivity index (χ0v) is 14.8. The van der Waals surface area contributed by atoms with Crippen LogP contribution in [0, 0.1) is 12.7 Å². The smallest absolute Gasteiger partial charge is 0.337 e. The topological polar surface area (TPSA) is 49.4 Å². The van der Waals surface area contributed by atoms with Crippen molar-refractivity contribution in [1.82, 2.24) is 4.90 Å². The normalized spacial score (nSPS) is 14.5. The van der Waals surface area contributed by atoms with E-state index in [0.29, 0.717) is 35.7 Å². The minimum absolute atomic E-state index is 0. The molecule has 1 saturated heterocycles. The lowest BCUT2D eigenvalue weighted by atomic mass is 10.2. The molecular weight excluding hydrogens is 365 g/mol. The summed E-state index contributed by atoms with van der Waals surface area (Å²) >= 11 is 0.670. The molecule has 8 heteroatoms. The average Bonchev–Trinajstić information content (AvgIpc) is 3.29. The molecule has 1 aliphatic heterocycles. The summed E-state index contributed by atoms with van der Waals surface area (Å²) in [5.74, 6) is -5.87. The van der Waals surface area contributed by atoms with Gasteiger partial charge in [0.15, 0.2) is 0 Å². The van der Waals surface area contributed by atoms with Crippen LogP contribution in [0.5, 0.6) is 0 Å². The van der Waals surface area contributed by atoms with Gasteiger partial charge in [-0.3, -0.25) is 9.59 Å². The number of halogens is 3. The first-order valence-electron chi connectivity index (χ1n) is 8.13. The molecule has 2 heterocycles. The van der Waals surface area contributed by atoms with Gasteiger partial charge in [-0.1, -0.05) is 0 Å². The van der Waals surface area contributed by atoms with Gasteiger partial charge in [0.2, 0.25) is 0 Å². The van der Waals surface area contributed by atoms with E-state index in [9.17, 15) is 22.8 Å². The van der Waals surface area contributed by atoms with Crippen molar-refractivity contribution in [1.29, 1.82) is 0 Å². The van der Waals surface area contributed by atoms with Gasteiger partial charge in [-0.25, -0.2) is 4.39 Å². The van der Waals surface area contributed by atoms with Crippen LogP contribution in [0.2, 0.25) is 0 Å². The summed E-state index contributed by atoms with van der Waals surface area (Å²) < 4.78 is 42.2. The molecule has 0 bridgehead atoms. The molecule has 2 aromatic rings. The lowest BCUT2D eigenvalue weighted by molar-refractivity contribution is -0.157. The van der Waals surface area contributed by atoms with Crippen LogP contribution in [0.4, 0.5) is 18.9 Å². The third-order valence-electron chi connectivity index (χ3n) is 4.25. The molecule has 140 valence electrons. The second-order valence-corrected chi connectivity index (χ2v) is 7.10. The predicted octanol–water partition coefficient (Wildman–Crippen LogP) is 4.41. The van der Waals surface area contributed by atoms with Crippen LogP contribution in [-0.4, -0.2) is 29.8 Å². The van der Waals surface area contributed by atoms with Crippen LogP contribution < -0.4 is 5.32 Å². The maximum absolute atomic E-state index is 14.4. The van der Waals surface area contributed by atoms with Gasteiger partial charge < -0.3 is 10.2 Å². The Bertz CT molecular complexity index is 851. The van der Waals surface area contributed by atoms with Crippen LogP contribution in [0.15, 0.2) is 29.6 Å². The van der Waals surface area contributed by atoms with Crippen molar-refractivity contribution >= 4 is 28.8 Å². The Hall–Kier alpha value is -2.35. The number of benzene rings is 1. The van der Waals surface area contributed by atoms with Crippen molar-refractivity contribution < 1.29 is 24.2 Å². The van der Waals surface area contributed by atoms with E-state index in [1.165, 1.54) is 23.6 Å². The minimum atomic E-state index is -3.65. The number of alkyl halides is 2. The van der Waals surface area contributed by atoms with Crippen molar-refractivity contribution in [2.75, 3.05) is 18.4 Å². The molecule has 4 nitrogen and oxygen atoms in total. The van der Waals surface area contributed by atoms with Gasteiger partial charge in [-0.2, -0.15) is 8.78 Å². The summed E-state index contributed by atoms with van der Waals surface area (Å²) in [6.07, 6.45) is 1.44. The summed E-state index contributed by atoms with van der Waals surface area (Å²) in [4.78, 5) is 25.0. The zero-order valence-electron chi connectivity index (χ0n) is 14.0. The maximum Gasteiger partial charge on any atom is 0.358 e. The van der Waals surface area contributed by atoms with E-state index in [4.69, 9.17) is 0 Å². The number of amides is 2. The Balaban J connectivity index is 0.00000261. The van der Waals surface area contributed by atoms with E-state index >= 15 is 0 Å². The number of likely N-dealkylation sites (tertiary alicyclic amines) is 1. The standard InChI is InChI=1S/C18H17F3N2O2S.H2/c1-11-8-13(4-5-14(11)19)22-16(24)12-9-15(26-10-12)18(20,21)17(25)23-6-2-3-7-23;/h4-5,8-10H,2-3,6-7H2,1H3,(H,22,24);1H. The Morgan fingerprint density at radius 2 is 1.92 bits per heavy atom. The monoisotopic (exact) mass is 384 g/mol. The molecule has 1 N–H and O–H groups in total. The summed E-state index contributed by atoms with van der Waals surface area (Å²) in [6.45, 7) is 2.21. The average molecular weight is 384 g/mol. The van der Waals surface area contributed by atoms with Crippen LogP contribution in [0.3, 0.4) is 0 Å². The maximum atomic E-state index is 14.4. The SMILES string of the molecule is Cc1cc(NC(=O)c2csc(C(F)(F)C(=O)N3CCCC3)c2)ccc1F.[HH]. The number of thiophene rings is 1. The third kappa shape index (κ3) is 3.60. The van der Waals surface area contributed by atoms with Gasteiger partial charge >= 0.3 is 5.92 Å². The molecule has 1 aliphatic rings. The number of carbonyl (C=O) groups excluding carboxylic acids is 2. The number of hydrogen-bond donors (Lipinski definition) is 1. The summed E-state index contributed by atoms with van der Waals surface area (Å²) in [5.41, 5.74) is 0.749. The van der Waals surface area contributed by atoms with Crippen LogP contribution in [-0.2, 0) is 10.7 Å². The summed E-state index contributed by atoms with van der Waals surface area (Å²) in [5, 5.41) is 3.82. The van der Waals surface area contributed by atoms with E-state index in [2.05, 4.69) is 5.32 Å². The van der Waals surface area contributed by atoms with Crippen molar-refractivity contribution in [3.63, 3.8) is 0 Å². The number of nitrogens with one attached hydrogen (secondary N) is 1. The van der Waals surface area contributed by atoms with E-state index in [1.807, 2.05) is 0 Å². The van der Waals surface area contributed by atoms with Crippen molar-refractivity contribution in [3.8, 4) is 0 Å². The first-order chi connectivity index (χ1) is 12.3.